The van der Waals surface area contributed by atoms with Crippen molar-refractivity contribution in [3.63, 3.8) is 0 Å². The Balaban J connectivity index is 2.67. The Morgan fingerprint density at radius 2 is 2.00 bits per heavy atom. The quantitative estimate of drug-likeness (QED) is 0.335. The number of carbonyl (C=O) groups excluding carboxylic acids is 1. The highest BCUT2D eigenvalue weighted by molar-refractivity contribution is 5.88. The molecule has 0 saturated heterocycles. The van der Waals surface area contributed by atoms with E-state index in [-0.39, 0.29) is 6.61 Å². The topological polar surface area (TPSA) is 104 Å². The van der Waals surface area contributed by atoms with E-state index < -0.39 is 23.6 Å². The van der Waals surface area contributed by atoms with Crippen molar-refractivity contribution in [2.45, 2.75) is 18.9 Å². The lowest BCUT2D eigenvalue weighted by Gasteiger charge is -2.13. The van der Waals surface area contributed by atoms with Crippen molar-refractivity contribution in [1.82, 2.24) is 0 Å². The molecule has 1 fully saturated rings. The molecule has 0 aliphatic heterocycles. The largest absolute Gasteiger partial charge is 0.513 e. The summed E-state index contributed by atoms with van der Waals surface area (Å²) in [6.45, 7) is -0.350. The molecule has 0 heterocycles. The third-order valence-corrected chi connectivity index (χ3v) is 2.34. The Morgan fingerprint density at radius 3 is 2.47 bits per heavy atom. The molecule has 6 heteroatoms. The van der Waals surface area contributed by atoms with Crippen LogP contribution in [0.4, 0.5) is 4.79 Å². The van der Waals surface area contributed by atoms with Gasteiger partial charge in [-0.15, -0.1) is 0 Å². The van der Waals surface area contributed by atoms with Crippen LogP contribution in [0.1, 0.15) is 12.8 Å². The van der Waals surface area contributed by atoms with Crippen molar-refractivity contribution in [3.05, 3.63) is 0 Å². The average Bonchev–Trinajstić information content (AvgIpc) is 3.04. The molecule has 0 aromatic carbocycles. The number of carboxylic acid groups (broad SMARTS) is 1. The molecule has 0 bridgehead atoms. The molecule has 1 aliphatic rings. The molecule has 17 heavy (non-hydrogen) atoms. The lowest BCUT2D eigenvalue weighted by molar-refractivity contribution is -0.148. The zero-order valence-electron chi connectivity index (χ0n) is 8.77. The van der Waals surface area contributed by atoms with Gasteiger partial charge in [-0.05, 0) is 24.7 Å². The molecule has 1 saturated carbocycles. The highest BCUT2D eigenvalue weighted by Crippen LogP contribution is 2.49. The fraction of sp³-hybridized carbons (Fsp3) is 0.455. The Hall–Kier alpha value is -2.02. The summed E-state index contributed by atoms with van der Waals surface area (Å²) >= 11 is 0. The van der Waals surface area contributed by atoms with Gasteiger partial charge in [-0.25, -0.2) is 4.79 Å². The second-order valence-electron chi connectivity index (χ2n) is 3.44. The van der Waals surface area contributed by atoms with Gasteiger partial charge in [0.25, 0.3) is 0 Å². The fourth-order valence-corrected chi connectivity index (χ4v) is 1.23. The van der Waals surface area contributed by atoms with Crippen molar-refractivity contribution in [2.75, 3.05) is 6.61 Å². The zero-order valence-corrected chi connectivity index (χ0v) is 8.77. The summed E-state index contributed by atoms with van der Waals surface area (Å²) in [4.78, 5) is 21.6. The summed E-state index contributed by atoms with van der Waals surface area (Å²) in [6, 6.07) is 0. The predicted octanol–water partition coefficient (Wildman–Crippen LogP) is -0.652. The van der Waals surface area contributed by atoms with Gasteiger partial charge in [0.15, 0.2) is 0 Å². The van der Waals surface area contributed by atoms with E-state index in [0.717, 1.165) is 0 Å². The van der Waals surface area contributed by atoms with Gasteiger partial charge in [0, 0.05) is 0 Å². The summed E-state index contributed by atoms with van der Waals surface area (Å²) in [5.74, 6) is 8.07. The van der Waals surface area contributed by atoms with Gasteiger partial charge in [0.1, 0.15) is 18.1 Å². The van der Waals surface area contributed by atoms with E-state index in [4.69, 9.17) is 10.2 Å². The SMILES string of the molecule is O=C(O)OC(=O)C1(C(O)C#CC#CCO)CC1. The summed E-state index contributed by atoms with van der Waals surface area (Å²) in [5.41, 5.74) is -1.24. The molecule has 1 unspecified atom stereocenters. The normalized spacial score (nSPS) is 16.6. The molecule has 6 nitrogen and oxygen atoms in total. The van der Waals surface area contributed by atoms with E-state index in [0.29, 0.717) is 12.8 Å². The van der Waals surface area contributed by atoms with Crippen LogP contribution in [0, 0.1) is 29.1 Å². The van der Waals surface area contributed by atoms with E-state index in [9.17, 15) is 14.7 Å². The van der Waals surface area contributed by atoms with Gasteiger partial charge < -0.3 is 20.1 Å². The Kier molecular flexibility index (Phi) is 4.11. The minimum absolute atomic E-state index is 0.322. The number of aliphatic hydroxyl groups excluding tert-OH is 2. The summed E-state index contributed by atoms with van der Waals surface area (Å²) in [6.07, 6.45) is -2.38. The first-order valence-electron chi connectivity index (χ1n) is 4.75. The number of rotatable bonds is 2. The molecular weight excluding hydrogens is 228 g/mol. The predicted molar refractivity (Wildman–Crippen MR) is 54.4 cm³/mol. The number of carbonyl (C=O) groups is 2. The molecule has 1 rings (SSSR count). The lowest BCUT2D eigenvalue weighted by atomic mass is 10.00. The third-order valence-electron chi connectivity index (χ3n) is 2.34. The van der Waals surface area contributed by atoms with E-state index in [2.05, 4.69) is 28.4 Å². The summed E-state index contributed by atoms with van der Waals surface area (Å²) in [7, 11) is 0. The first-order valence-corrected chi connectivity index (χ1v) is 4.75. The smallest absolute Gasteiger partial charge is 0.449 e. The molecule has 1 aliphatic carbocycles. The van der Waals surface area contributed by atoms with Crippen LogP contribution in [0.25, 0.3) is 0 Å². The van der Waals surface area contributed by atoms with Gasteiger partial charge in [0.2, 0.25) is 0 Å². The lowest BCUT2D eigenvalue weighted by Crippen LogP contribution is -2.32. The fourth-order valence-electron chi connectivity index (χ4n) is 1.23. The number of aliphatic hydroxyl groups is 2. The molecule has 0 radical (unpaired) electrons. The van der Waals surface area contributed by atoms with Crippen LogP contribution >= 0.6 is 0 Å². The summed E-state index contributed by atoms with van der Waals surface area (Å²) < 4.78 is 4.00. The Labute approximate surface area is 97.2 Å². The highest BCUT2D eigenvalue weighted by Gasteiger charge is 2.57. The van der Waals surface area contributed by atoms with Crippen LogP contribution in [0.5, 0.6) is 0 Å². The highest BCUT2D eigenvalue weighted by atomic mass is 16.7. The van der Waals surface area contributed by atoms with Gasteiger partial charge in [-0.2, -0.15) is 0 Å². The van der Waals surface area contributed by atoms with Crippen LogP contribution in [0.3, 0.4) is 0 Å². The molecular formula is C11H10O6. The van der Waals surface area contributed by atoms with E-state index in [1.54, 1.807) is 0 Å². The van der Waals surface area contributed by atoms with Crippen molar-refractivity contribution in [1.29, 1.82) is 0 Å². The second kappa shape index (κ2) is 5.35. The molecule has 0 aromatic rings. The Morgan fingerprint density at radius 1 is 1.35 bits per heavy atom. The van der Waals surface area contributed by atoms with Crippen LogP contribution in [-0.4, -0.2) is 40.2 Å². The standard InChI is InChI=1S/C11H10O6/c12-7-3-1-2-4-8(13)11(5-6-11)9(14)17-10(15)16/h8,12-13H,5-7H2,(H,15,16). The zero-order chi connectivity index (χ0) is 12.9. The number of esters is 1. The first kappa shape index (κ1) is 13.0. The van der Waals surface area contributed by atoms with E-state index in [1.165, 1.54) is 0 Å². The molecule has 0 aromatic heterocycles. The van der Waals surface area contributed by atoms with Gasteiger partial charge >= 0.3 is 12.1 Å². The number of ether oxygens (including phenoxy) is 1. The average molecular weight is 238 g/mol. The van der Waals surface area contributed by atoms with Gasteiger partial charge in [-0.1, -0.05) is 11.8 Å². The van der Waals surface area contributed by atoms with Gasteiger partial charge in [0.05, 0.1) is 0 Å². The monoisotopic (exact) mass is 238 g/mol. The first-order chi connectivity index (χ1) is 8.03. The van der Waals surface area contributed by atoms with Crippen LogP contribution in [0.15, 0.2) is 0 Å². The maximum absolute atomic E-state index is 11.4. The van der Waals surface area contributed by atoms with Gasteiger partial charge in [-0.3, -0.25) is 4.79 Å². The number of hydrogen-bond donors (Lipinski definition) is 3. The summed E-state index contributed by atoms with van der Waals surface area (Å²) in [5, 5.41) is 26.3. The van der Waals surface area contributed by atoms with Crippen molar-refractivity contribution in [3.8, 4) is 23.7 Å². The third kappa shape index (κ3) is 3.22. The van der Waals surface area contributed by atoms with Crippen molar-refractivity contribution < 1.29 is 29.6 Å². The maximum Gasteiger partial charge on any atom is 0.513 e. The molecule has 0 spiro atoms. The number of hydrogen-bond acceptors (Lipinski definition) is 5. The Bertz CT molecular complexity index is 440. The van der Waals surface area contributed by atoms with E-state index >= 15 is 0 Å². The molecule has 3 N–H and O–H groups in total. The molecule has 0 amide bonds. The van der Waals surface area contributed by atoms with Crippen molar-refractivity contribution >= 4 is 12.1 Å². The molecule has 90 valence electrons. The van der Waals surface area contributed by atoms with Crippen LogP contribution in [-0.2, 0) is 9.53 Å². The maximum atomic E-state index is 11.4. The molecule has 1 atom stereocenters. The van der Waals surface area contributed by atoms with Crippen molar-refractivity contribution in [2.24, 2.45) is 5.41 Å². The second-order valence-corrected chi connectivity index (χ2v) is 3.44. The van der Waals surface area contributed by atoms with E-state index in [1.807, 2.05) is 0 Å². The minimum Gasteiger partial charge on any atom is -0.449 e. The van der Waals surface area contributed by atoms with Crippen LogP contribution in [0.2, 0.25) is 0 Å². The minimum atomic E-state index is -1.71. The van der Waals surface area contributed by atoms with Crippen LogP contribution < -0.4 is 0 Å².